The van der Waals surface area contributed by atoms with Gasteiger partial charge in [-0.2, -0.15) is 5.10 Å². The molecule has 1 aromatic rings. The molecule has 2 unspecified atom stereocenters. The van der Waals surface area contributed by atoms with Gasteiger partial charge in [0, 0.05) is 23.9 Å². The Morgan fingerprint density at radius 1 is 1.38 bits per heavy atom. The standard InChI is InChI=1S/C17H31N3O/c1-6-9-18-15-10-16(17(15,7-2)8-3)21-14-11-19-20(12-14)13(4)5/h11-13,15-16,18H,6-10H2,1-5H3. The summed E-state index contributed by atoms with van der Waals surface area (Å²) in [4.78, 5) is 0. The third-order valence-corrected chi connectivity index (χ3v) is 5.13. The molecule has 1 aliphatic rings. The molecule has 0 bridgehead atoms. The third kappa shape index (κ3) is 3.10. The number of rotatable bonds is 8. The summed E-state index contributed by atoms with van der Waals surface area (Å²) in [5.74, 6) is 0.911. The summed E-state index contributed by atoms with van der Waals surface area (Å²) in [5.41, 5.74) is 0.273. The molecule has 1 saturated carbocycles. The largest absolute Gasteiger partial charge is 0.486 e. The zero-order valence-corrected chi connectivity index (χ0v) is 14.2. The smallest absolute Gasteiger partial charge is 0.157 e. The first kappa shape index (κ1) is 16.3. The summed E-state index contributed by atoms with van der Waals surface area (Å²) in [6.07, 6.45) is 8.80. The maximum absolute atomic E-state index is 6.27. The minimum absolute atomic E-state index is 0.273. The molecule has 120 valence electrons. The van der Waals surface area contributed by atoms with Crippen molar-refractivity contribution >= 4 is 0 Å². The number of aromatic nitrogens is 2. The van der Waals surface area contributed by atoms with Crippen molar-refractivity contribution in [3.05, 3.63) is 12.4 Å². The van der Waals surface area contributed by atoms with Crippen LogP contribution in [0.25, 0.3) is 0 Å². The van der Waals surface area contributed by atoms with Crippen LogP contribution in [0.5, 0.6) is 5.75 Å². The van der Waals surface area contributed by atoms with Gasteiger partial charge in [-0.1, -0.05) is 20.8 Å². The molecule has 4 nitrogen and oxygen atoms in total. The quantitative estimate of drug-likeness (QED) is 0.792. The molecule has 0 aliphatic heterocycles. The third-order valence-electron chi connectivity index (χ3n) is 5.13. The Bertz CT molecular complexity index is 437. The Morgan fingerprint density at radius 2 is 2.10 bits per heavy atom. The van der Waals surface area contributed by atoms with Gasteiger partial charge in [0.15, 0.2) is 5.75 Å². The van der Waals surface area contributed by atoms with E-state index < -0.39 is 0 Å². The van der Waals surface area contributed by atoms with Crippen LogP contribution in [0.4, 0.5) is 0 Å². The van der Waals surface area contributed by atoms with E-state index in [0.29, 0.717) is 18.2 Å². The lowest BCUT2D eigenvalue weighted by atomic mass is 9.58. The molecular formula is C17H31N3O. The van der Waals surface area contributed by atoms with Gasteiger partial charge in [-0.15, -0.1) is 0 Å². The first-order valence-electron chi connectivity index (χ1n) is 8.51. The number of ether oxygens (including phenoxy) is 1. The molecule has 1 fully saturated rings. The summed E-state index contributed by atoms with van der Waals surface area (Å²) in [6.45, 7) is 12.2. The maximum Gasteiger partial charge on any atom is 0.157 e. The zero-order valence-electron chi connectivity index (χ0n) is 14.2. The van der Waals surface area contributed by atoms with Crippen molar-refractivity contribution in [1.82, 2.24) is 15.1 Å². The average Bonchev–Trinajstić information content (AvgIpc) is 2.92. The summed E-state index contributed by atoms with van der Waals surface area (Å²) in [6, 6.07) is 0.974. The lowest BCUT2D eigenvalue weighted by molar-refractivity contribution is -0.0858. The fraction of sp³-hybridized carbons (Fsp3) is 0.824. The van der Waals surface area contributed by atoms with Gasteiger partial charge in [-0.05, 0) is 39.7 Å². The van der Waals surface area contributed by atoms with Crippen LogP contribution in [0.15, 0.2) is 12.4 Å². The summed E-state index contributed by atoms with van der Waals surface area (Å²) >= 11 is 0. The Hall–Kier alpha value is -1.03. The molecule has 1 aromatic heterocycles. The van der Waals surface area contributed by atoms with Crippen LogP contribution in [0.2, 0.25) is 0 Å². The number of nitrogens with one attached hydrogen (secondary N) is 1. The van der Waals surface area contributed by atoms with Gasteiger partial charge in [-0.25, -0.2) is 0 Å². The van der Waals surface area contributed by atoms with Crippen molar-refractivity contribution in [2.24, 2.45) is 5.41 Å². The molecule has 1 heterocycles. The molecule has 0 amide bonds. The highest BCUT2D eigenvalue weighted by molar-refractivity contribution is 5.17. The number of hydrogen-bond donors (Lipinski definition) is 1. The molecule has 0 spiro atoms. The van der Waals surface area contributed by atoms with Crippen LogP contribution in [0.1, 0.15) is 66.3 Å². The van der Waals surface area contributed by atoms with E-state index in [0.717, 1.165) is 31.6 Å². The second-order valence-corrected chi connectivity index (χ2v) is 6.54. The second kappa shape index (κ2) is 6.82. The van der Waals surface area contributed by atoms with Gasteiger partial charge in [0.05, 0.1) is 12.4 Å². The van der Waals surface area contributed by atoms with Crippen LogP contribution in [0.3, 0.4) is 0 Å². The van der Waals surface area contributed by atoms with Crippen LogP contribution < -0.4 is 10.1 Å². The average molecular weight is 293 g/mol. The lowest BCUT2D eigenvalue weighted by Crippen LogP contribution is -2.64. The van der Waals surface area contributed by atoms with E-state index in [9.17, 15) is 0 Å². The SMILES string of the molecule is CCCNC1CC(Oc2cnn(C(C)C)c2)C1(CC)CC. The van der Waals surface area contributed by atoms with Crippen molar-refractivity contribution in [1.29, 1.82) is 0 Å². The Kier molecular flexibility index (Phi) is 5.31. The predicted octanol–water partition coefficient (Wildman–Crippen LogP) is 3.79. The topological polar surface area (TPSA) is 39.1 Å². The maximum atomic E-state index is 6.27. The molecule has 0 radical (unpaired) electrons. The fourth-order valence-electron chi connectivity index (χ4n) is 3.54. The van der Waals surface area contributed by atoms with E-state index in [1.165, 1.54) is 6.42 Å². The van der Waals surface area contributed by atoms with Crippen molar-refractivity contribution in [3.8, 4) is 5.75 Å². The molecule has 0 saturated heterocycles. The van der Waals surface area contributed by atoms with E-state index in [1.807, 2.05) is 17.1 Å². The Morgan fingerprint density at radius 3 is 2.62 bits per heavy atom. The molecule has 0 aromatic carbocycles. The minimum Gasteiger partial charge on any atom is -0.486 e. The second-order valence-electron chi connectivity index (χ2n) is 6.54. The Balaban J connectivity index is 2.02. The van der Waals surface area contributed by atoms with Gasteiger partial charge >= 0.3 is 0 Å². The highest BCUT2D eigenvalue weighted by Crippen LogP contribution is 2.49. The summed E-state index contributed by atoms with van der Waals surface area (Å²) in [7, 11) is 0. The lowest BCUT2D eigenvalue weighted by Gasteiger charge is -2.55. The van der Waals surface area contributed by atoms with Crippen molar-refractivity contribution in [3.63, 3.8) is 0 Å². The van der Waals surface area contributed by atoms with Gasteiger partial charge < -0.3 is 10.1 Å². The highest BCUT2D eigenvalue weighted by atomic mass is 16.5. The van der Waals surface area contributed by atoms with E-state index in [2.05, 4.69) is 45.0 Å². The molecule has 2 atom stereocenters. The molecule has 1 aliphatic carbocycles. The van der Waals surface area contributed by atoms with Crippen LogP contribution in [-0.2, 0) is 0 Å². The van der Waals surface area contributed by atoms with Gasteiger partial charge in [0.2, 0.25) is 0 Å². The first-order chi connectivity index (χ1) is 10.1. The van der Waals surface area contributed by atoms with Gasteiger partial charge in [-0.3, -0.25) is 4.68 Å². The van der Waals surface area contributed by atoms with Crippen LogP contribution >= 0.6 is 0 Å². The number of hydrogen-bond acceptors (Lipinski definition) is 3. The fourth-order valence-corrected chi connectivity index (χ4v) is 3.54. The highest BCUT2D eigenvalue weighted by Gasteiger charge is 2.54. The van der Waals surface area contributed by atoms with Crippen molar-refractivity contribution in [2.45, 2.75) is 78.5 Å². The molecule has 4 heteroatoms. The van der Waals surface area contributed by atoms with Gasteiger partial charge in [0.25, 0.3) is 0 Å². The van der Waals surface area contributed by atoms with E-state index in [-0.39, 0.29) is 5.41 Å². The van der Waals surface area contributed by atoms with Gasteiger partial charge in [0.1, 0.15) is 6.10 Å². The van der Waals surface area contributed by atoms with E-state index in [4.69, 9.17) is 4.74 Å². The van der Waals surface area contributed by atoms with Crippen LogP contribution in [0, 0.1) is 5.41 Å². The summed E-state index contributed by atoms with van der Waals surface area (Å²) < 4.78 is 8.22. The summed E-state index contributed by atoms with van der Waals surface area (Å²) in [5, 5.41) is 8.07. The first-order valence-corrected chi connectivity index (χ1v) is 8.51. The zero-order chi connectivity index (χ0) is 15.5. The Labute approximate surface area is 129 Å². The molecule has 21 heavy (non-hydrogen) atoms. The van der Waals surface area contributed by atoms with E-state index >= 15 is 0 Å². The van der Waals surface area contributed by atoms with Crippen molar-refractivity contribution < 1.29 is 4.74 Å². The molecule has 2 rings (SSSR count). The normalized spacial score (nSPS) is 24.1. The van der Waals surface area contributed by atoms with E-state index in [1.54, 1.807) is 0 Å². The predicted molar refractivity (Wildman–Crippen MR) is 86.7 cm³/mol. The molecular weight excluding hydrogens is 262 g/mol. The van der Waals surface area contributed by atoms with Crippen LogP contribution in [-0.4, -0.2) is 28.5 Å². The van der Waals surface area contributed by atoms with Crippen molar-refractivity contribution in [2.75, 3.05) is 6.54 Å². The number of nitrogens with zero attached hydrogens (tertiary/aromatic N) is 2. The molecule has 1 N–H and O–H groups in total. The minimum atomic E-state index is 0.273. The monoisotopic (exact) mass is 293 g/mol.